The fourth-order valence-corrected chi connectivity index (χ4v) is 2.69. The van der Waals surface area contributed by atoms with Gasteiger partial charge in [0.1, 0.15) is 5.76 Å². The number of benzene rings is 1. The number of furan rings is 1. The summed E-state index contributed by atoms with van der Waals surface area (Å²) in [7, 11) is 0. The molecule has 0 aliphatic heterocycles. The SMILES string of the molecule is Fc1cc(Cl)c(C(Br)c2ccc(Br)o2)cc1F. The zero-order chi connectivity index (χ0) is 12.6. The van der Waals surface area contributed by atoms with Crippen LogP contribution in [0.4, 0.5) is 8.78 Å². The minimum Gasteiger partial charge on any atom is -0.453 e. The Hall–Kier alpha value is -0.390. The molecule has 1 atom stereocenters. The van der Waals surface area contributed by atoms with Crippen LogP contribution in [-0.2, 0) is 0 Å². The molecule has 90 valence electrons. The molecule has 0 amide bonds. The van der Waals surface area contributed by atoms with Crippen molar-refractivity contribution in [3.63, 3.8) is 0 Å². The second-order valence-corrected chi connectivity index (χ2v) is 5.40. The lowest BCUT2D eigenvalue weighted by Crippen LogP contribution is -1.95. The van der Waals surface area contributed by atoms with Gasteiger partial charge in [0.2, 0.25) is 0 Å². The first-order valence-electron chi connectivity index (χ1n) is 4.53. The van der Waals surface area contributed by atoms with Crippen molar-refractivity contribution >= 4 is 43.5 Å². The molecule has 2 rings (SSSR count). The molecular weight excluding hydrogens is 381 g/mol. The summed E-state index contributed by atoms with van der Waals surface area (Å²) < 4.78 is 31.9. The number of alkyl halides is 1. The van der Waals surface area contributed by atoms with Gasteiger partial charge in [-0.15, -0.1) is 0 Å². The van der Waals surface area contributed by atoms with Crippen molar-refractivity contribution in [2.24, 2.45) is 0 Å². The van der Waals surface area contributed by atoms with Crippen LogP contribution in [0, 0.1) is 11.6 Å². The van der Waals surface area contributed by atoms with E-state index in [0.717, 1.165) is 12.1 Å². The molecule has 1 aromatic carbocycles. The number of hydrogen-bond acceptors (Lipinski definition) is 1. The van der Waals surface area contributed by atoms with Gasteiger partial charge in [-0.05, 0) is 45.8 Å². The maximum absolute atomic E-state index is 13.1. The van der Waals surface area contributed by atoms with E-state index in [1.807, 2.05) is 0 Å². The molecule has 0 aliphatic rings. The third-order valence-electron chi connectivity index (χ3n) is 2.16. The first-order chi connectivity index (χ1) is 7.99. The van der Waals surface area contributed by atoms with Crippen LogP contribution in [0.3, 0.4) is 0 Å². The fraction of sp³-hybridized carbons (Fsp3) is 0.0909. The van der Waals surface area contributed by atoms with Crippen LogP contribution < -0.4 is 0 Å². The predicted octanol–water partition coefficient (Wildman–Crippen LogP) is 5.46. The van der Waals surface area contributed by atoms with Gasteiger partial charge in [0.25, 0.3) is 0 Å². The lowest BCUT2D eigenvalue weighted by molar-refractivity contribution is 0.492. The molecule has 1 aromatic heterocycles. The summed E-state index contributed by atoms with van der Waals surface area (Å²) in [5, 5.41) is 0.137. The largest absolute Gasteiger partial charge is 0.453 e. The van der Waals surface area contributed by atoms with Crippen LogP contribution in [-0.4, -0.2) is 0 Å². The molecule has 1 unspecified atom stereocenters. The molecule has 17 heavy (non-hydrogen) atoms. The van der Waals surface area contributed by atoms with Crippen molar-refractivity contribution in [3.05, 3.63) is 56.9 Å². The Morgan fingerprint density at radius 1 is 1.18 bits per heavy atom. The third kappa shape index (κ3) is 2.72. The van der Waals surface area contributed by atoms with E-state index in [2.05, 4.69) is 31.9 Å². The normalized spacial score (nSPS) is 12.8. The average molecular weight is 386 g/mol. The Labute approximate surface area is 118 Å². The van der Waals surface area contributed by atoms with Gasteiger partial charge < -0.3 is 4.42 Å². The second-order valence-electron chi connectivity index (χ2n) is 3.29. The maximum atomic E-state index is 13.1. The van der Waals surface area contributed by atoms with Crippen molar-refractivity contribution in [2.45, 2.75) is 4.83 Å². The molecule has 0 aliphatic carbocycles. The van der Waals surface area contributed by atoms with E-state index in [1.54, 1.807) is 12.1 Å². The minimum atomic E-state index is -0.973. The Morgan fingerprint density at radius 2 is 1.82 bits per heavy atom. The summed E-state index contributed by atoms with van der Waals surface area (Å²) in [5.41, 5.74) is 0.410. The van der Waals surface area contributed by atoms with Crippen LogP contribution in [0.25, 0.3) is 0 Å². The van der Waals surface area contributed by atoms with E-state index in [0.29, 0.717) is 16.0 Å². The van der Waals surface area contributed by atoms with Crippen LogP contribution >= 0.6 is 43.5 Å². The summed E-state index contributed by atoms with van der Waals surface area (Å²) >= 11 is 12.4. The quantitative estimate of drug-likeness (QED) is 0.494. The Balaban J connectivity index is 2.43. The molecule has 0 spiro atoms. The van der Waals surface area contributed by atoms with Crippen molar-refractivity contribution in [2.75, 3.05) is 0 Å². The molecule has 1 heterocycles. The molecular formula is C11H5Br2ClF2O. The number of halogens is 5. The summed E-state index contributed by atoms with van der Waals surface area (Å²) in [5.74, 6) is -1.37. The maximum Gasteiger partial charge on any atom is 0.169 e. The lowest BCUT2D eigenvalue weighted by atomic mass is 10.1. The van der Waals surface area contributed by atoms with Crippen molar-refractivity contribution < 1.29 is 13.2 Å². The van der Waals surface area contributed by atoms with E-state index >= 15 is 0 Å². The lowest BCUT2D eigenvalue weighted by Gasteiger charge is -2.10. The first-order valence-corrected chi connectivity index (χ1v) is 6.61. The van der Waals surface area contributed by atoms with Gasteiger partial charge >= 0.3 is 0 Å². The third-order valence-corrected chi connectivity index (χ3v) is 3.85. The van der Waals surface area contributed by atoms with E-state index in [1.165, 1.54) is 0 Å². The summed E-state index contributed by atoms with van der Waals surface area (Å²) in [6, 6.07) is 5.41. The highest BCUT2D eigenvalue weighted by Crippen LogP contribution is 2.37. The second kappa shape index (κ2) is 5.08. The van der Waals surface area contributed by atoms with Gasteiger partial charge in [0, 0.05) is 5.02 Å². The molecule has 0 radical (unpaired) electrons. The van der Waals surface area contributed by atoms with Crippen LogP contribution in [0.2, 0.25) is 5.02 Å². The topological polar surface area (TPSA) is 13.1 Å². The van der Waals surface area contributed by atoms with Crippen molar-refractivity contribution in [1.82, 2.24) is 0 Å². The molecule has 0 bridgehead atoms. The molecule has 0 N–H and O–H groups in total. The molecule has 2 aromatic rings. The van der Waals surface area contributed by atoms with Gasteiger partial charge in [-0.1, -0.05) is 27.5 Å². The zero-order valence-electron chi connectivity index (χ0n) is 8.18. The zero-order valence-corrected chi connectivity index (χ0v) is 12.1. The Kier molecular flexibility index (Phi) is 3.90. The van der Waals surface area contributed by atoms with Gasteiger partial charge in [0.05, 0.1) is 4.83 Å². The van der Waals surface area contributed by atoms with Crippen molar-refractivity contribution in [3.8, 4) is 0 Å². The van der Waals surface area contributed by atoms with Crippen LogP contribution in [0.5, 0.6) is 0 Å². The average Bonchev–Trinajstić information content (AvgIpc) is 2.69. The standard InChI is InChI=1S/C11H5Br2ClF2O/c12-10-2-1-9(17-10)11(13)5-3-7(15)8(16)4-6(5)14/h1-4,11H. The smallest absolute Gasteiger partial charge is 0.169 e. The minimum absolute atomic E-state index is 0.137. The summed E-state index contributed by atoms with van der Waals surface area (Å²) in [4.78, 5) is -0.434. The first kappa shape index (κ1) is 13.1. The highest BCUT2D eigenvalue weighted by atomic mass is 79.9. The fourth-order valence-electron chi connectivity index (χ4n) is 1.35. The van der Waals surface area contributed by atoms with Crippen molar-refractivity contribution in [1.29, 1.82) is 0 Å². The van der Waals surface area contributed by atoms with Gasteiger partial charge in [-0.3, -0.25) is 0 Å². The molecule has 1 nitrogen and oxygen atoms in total. The Bertz CT molecular complexity index is 556. The predicted molar refractivity (Wildman–Crippen MR) is 68.5 cm³/mol. The van der Waals surface area contributed by atoms with E-state index in [-0.39, 0.29) is 5.02 Å². The Morgan fingerprint density at radius 3 is 2.41 bits per heavy atom. The van der Waals surface area contributed by atoms with E-state index < -0.39 is 16.5 Å². The summed E-state index contributed by atoms with van der Waals surface area (Å²) in [6.45, 7) is 0. The molecule has 0 fully saturated rings. The summed E-state index contributed by atoms with van der Waals surface area (Å²) in [6.07, 6.45) is 0. The van der Waals surface area contributed by atoms with Crippen LogP contribution in [0.15, 0.2) is 33.4 Å². The molecule has 0 saturated carbocycles. The van der Waals surface area contributed by atoms with Crippen LogP contribution in [0.1, 0.15) is 16.2 Å². The number of hydrogen-bond donors (Lipinski definition) is 0. The monoisotopic (exact) mass is 384 g/mol. The van der Waals surface area contributed by atoms with E-state index in [4.69, 9.17) is 16.0 Å². The van der Waals surface area contributed by atoms with E-state index in [9.17, 15) is 8.78 Å². The molecule has 6 heteroatoms. The molecule has 0 saturated heterocycles. The highest BCUT2D eigenvalue weighted by molar-refractivity contribution is 9.10. The highest BCUT2D eigenvalue weighted by Gasteiger charge is 2.19. The van der Waals surface area contributed by atoms with Gasteiger partial charge in [-0.2, -0.15) is 0 Å². The van der Waals surface area contributed by atoms with Gasteiger partial charge in [-0.25, -0.2) is 8.78 Å². The number of rotatable bonds is 2. The van der Waals surface area contributed by atoms with Gasteiger partial charge in [0.15, 0.2) is 16.3 Å².